The van der Waals surface area contributed by atoms with Gasteiger partial charge in [0.25, 0.3) is 0 Å². The van der Waals surface area contributed by atoms with E-state index in [0.717, 1.165) is 5.57 Å². The van der Waals surface area contributed by atoms with Crippen LogP contribution in [0.5, 0.6) is 0 Å². The van der Waals surface area contributed by atoms with Gasteiger partial charge in [0.15, 0.2) is 0 Å². The smallest absolute Gasteiger partial charge is 0.404 e. The molecule has 0 aromatic carbocycles. The number of rotatable bonds is 15. The van der Waals surface area contributed by atoms with Crippen LogP contribution in [0.15, 0.2) is 48.6 Å². The second kappa shape index (κ2) is 15.9. The van der Waals surface area contributed by atoms with E-state index < -0.39 is 30.5 Å². The minimum atomic E-state index is -0.862. The Morgan fingerprint density at radius 2 is 1.58 bits per heavy atom. The van der Waals surface area contributed by atoms with Gasteiger partial charge in [-0.1, -0.05) is 90.2 Å². The molecule has 6 nitrogen and oxygen atoms in total. The molecule has 0 heterocycles. The van der Waals surface area contributed by atoms with Crippen LogP contribution in [0.3, 0.4) is 0 Å². The Morgan fingerprint density at radius 1 is 0.970 bits per heavy atom. The molecule has 1 amide bonds. The molecule has 0 bridgehead atoms. The van der Waals surface area contributed by atoms with Gasteiger partial charge in [0.2, 0.25) is 0 Å². The molecule has 0 radical (unpaired) electrons. The topological polar surface area (TPSA) is 113 Å². The average molecular weight is 466 g/mol. The lowest BCUT2D eigenvalue weighted by Crippen LogP contribution is -2.41. The summed E-state index contributed by atoms with van der Waals surface area (Å²) in [5, 5.41) is 31.3. The Balaban J connectivity index is 5.20. The van der Waals surface area contributed by atoms with E-state index in [1.807, 2.05) is 66.7 Å². The number of nitrogens with two attached hydrogens (primary N) is 1. The highest BCUT2D eigenvalue weighted by Crippen LogP contribution is 2.28. The van der Waals surface area contributed by atoms with E-state index in [2.05, 4.69) is 6.58 Å². The number of aliphatic hydroxyl groups is 3. The Labute approximate surface area is 200 Å². The molecule has 0 saturated carbocycles. The summed E-state index contributed by atoms with van der Waals surface area (Å²) in [6, 6.07) is 0. The van der Waals surface area contributed by atoms with Gasteiger partial charge in [-0.05, 0) is 25.7 Å². The first kappa shape index (κ1) is 31.1. The highest BCUT2D eigenvalue weighted by Gasteiger charge is 2.33. The van der Waals surface area contributed by atoms with Gasteiger partial charge in [-0.3, -0.25) is 0 Å². The Kier molecular flexibility index (Phi) is 15.0. The van der Waals surface area contributed by atoms with Crippen LogP contribution in [0.2, 0.25) is 0 Å². The fourth-order valence-electron chi connectivity index (χ4n) is 4.18. The summed E-state index contributed by atoms with van der Waals surface area (Å²) in [4.78, 5) is 11.4. The first-order valence-corrected chi connectivity index (χ1v) is 12.0. The largest absolute Gasteiger partial charge is 0.445 e. The van der Waals surface area contributed by atoms with Crippen LogP contribution in [-0.4, -0.2) is 45.8 Å². The first-order chi connectivity index (χ1) is 15.3. The minimum Gasteiger partial charge on any atom is -0.445 e. The molecule has 0 aliphatic carbocycles. The van der Waals surface area contributed by atoms with E-state index in [-0.39, 0.29) is 29.6 Å². The van der Waals surface area contributed by atoms with Crippen LogP contribution < -0.4 is 5.73 Å². The molecular weight excluding hydrogens is 418 g/mol. The van der Waals surface area contributed by atoms with Gasteiger partial charge in [-0.2, -0.15) is 0 Å². The molecule has 9 unspecified atom stereocenters. The van der Waals surface area contributed by atoms with Crippen molar-refractivity contribution in [2.24, 2.45) is 35.3 Å². The third-order valence-corrected chi connectivity index (χ3v) is 6.28. The van der Waals surface area contributed by atoms with E-state index in [4.69, 9.17) is 10.5 Å². The molecular formula is C27H47NO5. The average Bonchev–Trinajstić information content (AvgIpc) is 2.76. The summed E-state index contributed by atoms with van der Waals surface area (Å²) < 4.78 is 5.34. The lowest BCUT2D eigenvalue weighted by molar-refractivity contribution is -0.0266. The van der Waals surface area contributed by atoms with Crippen molar-refractivity contribution in [1.82, 2.24) is 0 Å². The van der Waals surface area contributed by atoms with Crippen molar-refractivity contribution in [2.45, 2.75) is 85.7 Å². The lowest BCUT2D eigenvalue weighted by atomic mass is 9.81. The van der Waals surface area contributed by atoms with E-state index in [1.165, 1.54) is 0 Å². The quantitative estimate of drug-likeness (QED) is 0.206. The molecule has 190 valence electrons. The molecule has 0 rings (SSSR count). The highest BCUT2D eigenvalue weighted by atomic mass is 16.6. The second-order valence-electron chi connectivity index (χ2n) is 9.49. The number of carbonyl (C=O) groups is 1. The van der Waals surface area contributed by atoms with Gasteiger partial charge in [0.05, 0.1) is 18.3 Å². The number of aliphatic hydroxyl groups excluding tert-OH is 3. The van der Waals surface area contributed by atoms with Crippen LogP contribution in [0.25, 0.3) is 0 Å². The van der Waals surface area contributed by atoms with Crippen LogP contribution in [0, 0.1) is 29.6 Å². The molecule has 0 saturated heterocycles. The third kappa shape index (κ3) is 11.7. The molecule has 0 aliphatic rings. The van der Waals surface area contributed by atoms with Gasteiger partial charge in [0.1, 0.15) is 6.10 Å². The van der Waals surface area contributed by atoms with E-state index in [0.29, 0.717) is 12.8 Å². The molecule has 0 fully saturated rings. The van der Waals surface area contributed by atoms with Crippen molar-refractivity contribution in [3.8, 4) is 0 Å². The van der Waals surface area contributed by atoms with Crippen LogP contribution >= 0.6 is 0 Å². The van der Waals surface area contributed by atoms with E-state index in [1.54, 1.807) is 18.2 Å². The van der Waals surface area contributed by atoms with Crippen molar-refractivity contribution in [3.63, 3.8) is 0 Å². The van der Waals surface area contributed by atoms with Crippen molar-refractivity contribution in [3.05, 3.63) is 48.6 Å². The van der Waals surface area contributed by atoms with Gasteiger partial charge in [-0.25, -0.2) is 4.79 Å². The summed E-state index contributed by atoms with van der Waals surface area (Å²) in [7, 11) is 0. The molecule has 0 spiro atoms. The summed E-state index contributed by atoms with van der Waals surface area (Å²) in [6.07, 6.45) is 8.99. The predicted molar refractivity (Wildman–Crippen MR) is 135 cm³/mol. The zero-order valence-electron chi connectivity index (χ0n) is 21.5. The predicted octanol–water partition coefficient (Wildman–Crippen LogP) is 4.76. The highest BCUT2D eigenvalue weighted by molar-refractivity contribution is 5.64. The number of primary amides is 1. The maximum Gasteiger partial charge on any atom is 0.404 e. The van der Waals surface area contributed by atoms with E-state index >= 15 is 0 Å². The number of hydrogen-bond acceptors (Lipinski definition) is 5. The monoisotopic (exact) mass is 465 g/mol. The maximum atomic E-state index is 11.4. The zero-order valence-corrected chi connectivity index (χ0v) is 21.5. The van der Waals surface area contributed by atoms with E-state index in [9.17, 15) is 20.1 Å². The normalized spacial score (nSPS) is 21.1. The molecule has 0 aromatic heterocycles. The van der Waals surface area contributed by atoms with Gasteiger partial charge >= 0.3 is 6.09 Å². The minimum absolute atomic E-state index is 0.0832. The molecule has 5 N–H and O–H groups in total. The SMILES string of the molecule is C=C/C=C/C(C)C(OC(N)=O)C(C)C(O)C(C)C/C(C)=C/C(C)C(O)C(C)/C=C/C(O)CC. The number of hydrogen-bond donors (Lipinski definition) is 4. The number of allylic oxidation sites excluding steroid dienone is 3. The molecule has 0 aliphatic heterocycles. The fourth-order valence-corrected chi connectivity index (χ4v) is 4.18. The number of carbonyl (C=O) groups excluding carboxylic acids is 1. The van der Waals surface area contributed by atoms with Crippen molar-refractivity contribution in [1.29, 1.82) is 0 Å². The maximum absolute atomic E-state index is 11.4. The molecule has 33 heavy (non-hydrogen) atoms. The third-order valence-electron chi connectivity index (χ3n) is 6.28. The van der Waals surface area contributed by atoms with Gasteiger partial charge in [0, 0.05) is 23.7 Å². The van der Waals surface area contributed by atoms with Crippen molar-refractivity contribution in [2.75, 3.05) is 0 Å². The number of ether oxygens (including phenoxy) is 1. The first-order valence-electron chi connectivity index (χ1n) is 12.0. The fraction of sp³-hybridized carbons (Fsp3) is 0.667. The number of amides is 1. The molecule has 9 atom stereocenters. The Hall–Kier alpha value is -1.89. The molecule has 0 aromatic rings. The van der Waals surface area contributed by atoms with Crippen LogP contribution in [-0.2, 0) is 4.74 Å². The lowest BCUT2D eigenvalue weighted by Gasteiger charge is -2.33. The molecule has 6 heteroatoms. The van der Waals surface area contributed by atoms with Gasteiger partial charge in [-0.15, -0.1) is 0 Å². The second-order valence-corrected chi connectivity index (χ2v) is 9.49. The Bertz CT molecular complexity index is 671. The van der Waals surface area contributed by atoms with Crippen LogP contribution in [0.1, 0.15) is 61.3 Å². The van der Waals surface area contributed by atoms with Crippen molar-refractivity contribution < 1.29 is 24.9 Å². The summed E-state index contributed by atoms with van der Waals surface area (Å²) >= 11 is 0. The van der Waals surface area contributed by atoms with Crippen molar-refractivity contribution >= 4 is 6.09 Å². The Morgan fingerprint density at radius 3 is 2.09 bits per heavy atom. The standard InChI is InChI=1S/C27H47NO5/c1-9-11-12-19(5)26(33-27(28)32)22(8)25(31)21(7)16-17(3)15-20(6)24(30)18(4)13-14-23(29)10-2/h9,11-15,18-26,29-31H,1,10,16H2,2-8H3,(H2,28,32)/b12-11+,14-13+,17-15+. The zero-order chi connectivity index (χ0) is 25.7. The van der Waals surface area contributed by atoms with Crippen LogP contribution in [0.4, 0.5) is 4.79 Å². The van der Waals surface area contributed by atoms with Gasteiger partial charge < -0.3 is 25.8 Å². The summed E-state index contributed by atoms with van der Waals surface area (Å²) in [6.45, 7) is 17.2. The summed E-state index contributed by atoms with van der Waals surface area (Å²) in [5.74, 6) is -0.736. The summed E-state index contributed by atoms with van der Waals surface area (Å²) in [5.41, 5.74) is 6.34.